The van der Waals surface area contributed by atoms with E-state index in [1.807, 2.05) is 24.3 Å². The van der Waals surface area contributed by atoms with E-state index in [0.717, 1.165) is 10.0 Å². The number of hydrogen-bond donors (Lipinski definition) is 2. The lowest BCUT2D eigenvalue weighted by Gasteiger charge is -2.19. The zero-order chi connectivity index (χ0) is 14.5. The lowest BCUT2D eigenvalue weighted by Crippen LogP contribution is -2.20. The fourth-order valence-electron chi connectivity index (χ4n) is 1.89. The zero-order valence-corrected chi connectivity index (χ0v) is 12.3. The molecule has 0 saturated heterocycles. The Labute approximate surface area is 125 Å². The molecule has 2 aromatic rings. The van der Waals surface area contributed by atoms with E-state index in [1.54, 1.807) is 24.3 Å². The van der Waals surface area contributed by atoms with Gasteiger partial charge in [0.25, 0.3) is 5.91 Å². The average molecular weight is 335 g/mol. The van der Waals surface area contributed by atoms with Crippen LogP contribution >= 0.6 is 15.9 Å². The summed E-state index contributed by atoms with van der Waals surface area (Å²) in [6.45, 7) is 0.295. The van der Waals surface area contributed by atoms with Crippen LogP contribution < -0.4 is 16.2 Å². The lowest BCUT2D eigenvalue weighted by atomic mass is 10.1. The van der Waals surface area contributed by atoms with Crippen LogP contribution in [0.2, 0.25) is 0 Å². The van der Waals surface area contributed by atoms with Gasteiger partial charge >= 0.3 is 0 Å². The number of halogens is 1. The van der Waals surface area contributed by atoms with Crippen molar-refractivity contribution in [2.75, 3.05) is 6.54 Å². The van der Waals surface area contributed by atoms with Gasteiger partial charge in [-0.2, -0.15) is 0 Å². The number of hydrogen-bond acceptors (Lipinski definition) is 3. The highest BCUT2D eigenvalue weighted by molar-refractivity contribution is 9.10. The summed E-state index contributed by atoms with van der Waals surface area (Å²) in [5, 5.41) is 0. The topological polar surface area (TPSA) is 78.3 Å². The van der Waals surface area contributed by atoms with Crippen molar-refractivity contribution in [1.82, 2.24) is 0 Å². The first-order chi connectivity index (χ1) is 9.61. The Bertz CT molecular complexity index is 616. The molecule has 4 N–H and O–H groups in total. The summed E-state index contributed by atoms with van der Waals surface area (Å²) in [6.07, 6.45) is -0.340. The van der Waals surface area contributed by atoms with E-state index in [0.29, 0.717) is 17.9 Å². The lowest BCUT2D eigenvalue weighted by molar-refractivity contribution is 0.0993. The highest BCUT2D eigenvalue weighted by Gasteiger charge is 2.15. The van der Waals surface area contributed by atoms with Gasteiger partial charge in [0.1, 0.15) is 11.9 Å². The summed E-state index contributed by atoms with van der Waals surface area (Å²) < 4.78 is 6.80. The van der Waals surface area contributed by atoms with Gasteiger partial charge in [0, 0.05) is 11.0 Å². The number of para-hydroxylation sites is 1. The molecule has 1 unspecified atom stereocenters. The second-order valence-corrected chi connectivity index (χ2v) is 5.17. The maximum absolute atomic E-state index is 11.4. The van der Waals surface area contributed by atoms with Crippen LogP contribution in [0.25, 0.3) is 0 Å². The van der Waals surface area contributed by atoms with E-state index in [1.165, 1.54) is 0 Å². The van der Waals surface area contributed by atoms with Gasteiger partial charge < -0.3 is 16.2 Å². The normalized spacial score (nSPS) is 11.9. The number of nitrogens with two attached hydrogens (primary N) is 2. The van der Waals surface area contributed by atoms with Crippen molar-refractivity contribution in [2.24, 2.45) is 11.5 Å². The second kappa shape index (κ2) is 6.54. The minimum absolute atomic E-state index is 0.295. The molecule has 0 aromatic heterocycles. The first kappa shape index (κ1) is 14.6. The SMILES string of the molecule is NCC(Oc1ccccc1C(N)=O)c1cccc(Br)c1. The fourth-order valence-corrected chi connectivity index (χ4v) is 2.30. The smallest absolute Gasteiger partial charge is 0.252 e. The molecule has 20 heavy (non-hydrogen) atoms. The molecular formula is C15H15BrN2O2. The predicted octanol–water partition coefficient (Wildman–Crippen LogP) is 2.63. The summed E-state index contributed by atoms with van der Waals surface area (Å²) in [4.78, 5) is 11.4. The molecule has 1 atom stereocenters. The molecule has 0 aliphatic heterocycles. The van der Waals surface area contributed by atoms with Crippen LogP contribution in [0.5, 0.6) is 5.75 Å². The summed E-state index contributed by atoms with van der Waals surface area (Å²) in [5.41, 5.74) is 12.4. The van der Waals surface area contributed by atoms with Crippen LogP contribution in [0.3, 0.4) is 0 Å². The van der Waals surface area contributed by atoms with E-state index in [2.05, 4.69) is 15.9 Å². The van der Waals surface area contributed by atoms with Crippen molar-refractivity contribution in [1.29, 1.82) is 0 Å². The van der Waals surface area contributed by atoms with E-state index < -0.39 is 5.91 Å². The number of carbonyl (C=O) groups excluding carboxylic acids is 1. The third-order valence-corrected chi connectivity index (χ3v) is 3.35. The molecule has 0 saturated carbocycles. The number of benzene rings is 2. The molecule has 0 radical (unpaired) electrons. The van der Waals surface area contributed by atoms with Gasteiger partial charge in [0.15, 0.2) is 0 Å². The van der Waals surface area contributed by atoms with Gasteiger partial charge in [-0.15, -0.1) is 0 Å². The largest absolute Gasteiger partial charge is 0.484 e. The molecule has 5 heteroatoms. The van der Waals surface area contributed by atoms with Crippen molar-refractivity contribution in [3.63, 3.8) is 0 Å². The van der Waals surface area contributed by atoms with Crippen molar-refractivity contribution in [3.05, 3.63) is 64.1 Å². The minimum atomic E-state index is -0.523. The molecule has 0 aliphatic rings. The first-order valence-electron chi connectivity index (χ1n) is 6.13. The molecule has 104 valence electrons. The van der Waals surface area contributed by atoms with Crippen LogP contribution in [0, 0.1) is 0 Å². The van der Waals surface area contributed by atoms with Crippen LogP contribution in [-0.4, -0.2) is 12.5 Å². The van der Waals surface area contributed by atoms with Gasteiger partial charge in [0.05, 0.1) is 5.56 Å². The third kappa shape index (κ3) is 3.37. The quantitative estimate of drug-likeness (QED) is 0.882. The van der Waals surface area contributed by atoms with Crippen LogP contribution in [0.1, 0.15) is 22.0 Å². The molecular weight excluding hydrogens is 320 g/mol. The Morgan fingerprint density at radius 3 is 2.60 bits per heavy atom. The number of carbonyl (C=O) groups is 1. The number of rotatable bonds is 5. The van der Waals surface area contributed by atoms with Crippen LogP contribution in [-0.2, 0) is 0 Å². The van der Waals surface area contributed by atoms with Crippen molar-refractivity contribution < 1.29 is 9.53 Å². The van der Waals surface area contributed by atoms with Crippen molar-refractivity contribution >= 4 is 21.8 Å². The van der Waals surface area contributed by atoms with Crippen LogP contribution in [0.4, 0.5) is 0 Å². The van der Waals surface area contributed by atoms with Crippen LogP contribution in [0.15, 0.2) is 53.0 Å². The molecule has 0 bridgehead atoms. The molecule has 2 rings (SSSR count). The summed E-state index contributed by atoms with van der Waals surface area (Å²) >= 11 is 3.41. The zero-order valence-electron chi connectivity index (χ0n) is 10.8. The monoisotopic (exact) mass is 334 g/mol. The van der Waals surface area contributed by atoms with Gasteiger partial charge in [-0.3, -0.25) is 4.79 Å². The molecule has 0 fully saturated rings. The van der Waals surface area contributed by atoms with Gasteiger partial charge in [-0.1, -0.05) is 40.2 Å². The number of amides is 1. The second-order valence-electron chi connectivity index (χ2n) is 4.26. The predicted molar refractivity (Wildman–Crippen MR) is 81.5 cm³/mol. The Morgan fingerprint density at radius 2 is 1.95 bits per heavy atom. The maximum Gasteiger partial charge on any atom is 0.252 e. The van der Waals surface area contributed by atoms with E-state index in [4.69, 9.17) is 16.2 Å². The minimum Gasteiger partial charge on any atom is -0.484 e. The summed E-state index contributed by atoms with van der Waals surface area (Å²) in [5.74, 6) is -0.0824. The third-order valence-electron chi connectivity index (χ3n) is 2.86. The molecule has 1 amide bonds. The molecule has 0 aliphatic carbocycles. The standard InChI is InChI=1S/C15H15BrN2O2/c16-11-5-3-4-10(8-11)14(9-17)20-13-7-2-1-6-12(13)15(18)19/h1-8,14H,9,17H2,(H2,18,19). The summed E-state index contributed by atoms with van der Waals surface area (Å²) in [6, 6.07) is 14.6. The maximum atomic E-state index is 11.4. The van der Waals surface area contributed by atoms with Gasteiger partial charge in [0.2, 0.25) is 0 Å². The summed E-state index contributed by atoms with van der Waals surface area (Å²) in [7, 11) is 0. The molecule has 0 spiro atoms. The fraction of sp³-hybridized carbons (Fsp3) is 0.133. The molecule has 4 nitrogen and oxygen atoms in total. The first-order valence-corrected chi connectivity index (χ1v) is 6.92. The highest BCUT2D eigenvalue weighted by Crippen LogP contribution is 2.26. The number of primary amides is 1. The molecule has 2 aromatic carbocycles. The van der Waals surface area contributed by atoms with E-state index in [9.17, 15) is 4.79 Å². The molecule has 0 heterocycles. The Kier molecular flexibility index (Phi) is 4.76. The Balaban J connectivity index is 2.29. The van der Waals surface area contributed by atoms with Crippen molar-refractivity contribution in [3.8, 4) is 5.75 Å². The van der Waals surface area contributed by atoms with Gasteiger partial charge in [-0.25, -0.2) is 0 Å². The Hall–Kier alpha value is -1.85. The van der Waals surface area contributed by atoms with E-state index >= 15 is 0 Å². The number of ether oxygens (including phenoxy) is 1. The van der Waals surface area contributed by atoms with E-state index in [-0.39, 0.29) is 6.10 Å². The average Bonchev–Trinajstić information content (AvgIpc) is 2.45. The van der Waals surface area contributed by atoms with Gasteiger partial charge in [-0.05, 0) is 29.8 Å². The van der Waals surface area contributed by atoms with Crippen molar-refractivity contribution in [2.45, 2.75) is 6.10 Å². The Morgan fingerprint density at radius 1 is 1.20 bits per heavy atom. The highest BCUT2D eigenvalue weighted by atomic mass is 79.9.